The first-order valence-corrected chi connectivity index (χ1v) is 6.05. The van der Waals surface area contributed by atoms with Crippen LogP contribution in [0.5, 0.6) is 0 Å². The Bertz CT molecular complexity index is 303. The Balaban J connectivity index is 3.81. The molecule has 3 N–H and O–H groups in total. The van der Waals surface area contributed by atoms with Crippen molar-refractivity contribution >= 4 is 11.9 Å². The second kappa shape index (κ2) is 8.60. The zero-order valence-corrected chi connectivity index (χ0v) is 11.4. The van der Waals surface area contributed by atoms with Crippen LogP contribution in [-0.4, -0.2) is 44.2 Å². The fraction of sp³-hybridized carbons (Fsp3) is 0.818. The molecule has 0 saturated heterocycles. The van der Waals surface area contributed by atoms with Gasteiger partial charge in [0.1, 0.15) is 0 Å². The van der Waals surface area contributed by atoms with Gasteiger partial charge in [0, 0.05) is 32.6 Å². The maximum atomic E-state index is 11.9. The third-order valence-electron chi connectivity index (χ3n) is 2.02. The Kier molecular flexibility index (Phi) is 7.94. The van der Waals surface area contributed by atoms with E-state index in [4.69, 9.17) is 0 Å². The lowest BCUT2D eigenvalue weighted by molar-refractivity contribution is -0.132. The van der Waals surface area contributed by atoms with Crippen molar-refractivity contribution in [3.05, 3.63) is 0 Å². The van der Waals surface area contributed by atoms with E-state index in [-0.39, 0.29) is 30.9 Å². The summed E-state index contributed by atoms with van der Waals surface area (Å²) in [5, 5.41) is 8.01. The summed E-state index contributed by atoms with van der Waals surface area (Å²) in [6.07, 6.45) is -4.89. The number of amides is 1. The van der Waals surface area contributed by atoms with E-state index in [0.717, 1.165) is 0 Å². The number of hydrogen-bond donors (Lipinski definition) is 3. The molecule has 0 heterocycles. The highest BCUT2D eigenvalue weighted by molar-refractivity contribution is 5.81. The van der Waals surface area contributed by atoms with Gasteiger partial charge in [0.15, 0.2) is 5.96 Å². The first-order chi connectivity index (χ1) is 8.74. The summed E-state index contributed by atoms with van der Waals surface area (Å²) < 4.78 is 35.8. The predicted molar refractivity (Wildman–Crippen MR) is 67.9 cm³/mol. The number of hydrogen-bond acceptors (Lipinski definition) is 2. The number of aliphatic imine (C=N–C) groups is 1. The van der Waals surface area contributed by atoms with E-state index in [1.165, 1.54) is 7.05 Å². The maximum absolute atomic E-state index is 11.9. The molecule has 0 aromatic rings. The molecule has 0 rings (SSSR count). The zero-order chi connectivity index (χ0) is 14.9. The fourth-order valence-corrected chi connectivity index (χ4v) is 1.23. The van der Waals surface area contributed by atoms with Crippen molar-refractivity contribution in [2.45, 2.75) is 38.9 Å². The molecule has 8 heteroatoms. The van der Waals surface area contributed by atoms with Gasteiger partial charge in [-0.05, 0) is 13.8 Å². The van der Waals surface area contributed by atoms with Crippen LogP contribution in [0.2, 0.25) is 0 Å². The van der Waals surface area contributed by atoms with Gasteiger partial charge in [0.25, 0.3) is 0 Å². The lowest BCUT2D eigenvalue weighted by Gasteiger charge is -2.13. The second-order valence-corrected chi connectivity index (χ2v) is 4.26. The molecule has 0 atom stereocenters. The van der Waals surface area contributed by atoms with Crippen LogP contribution in [-0.2, 0) is 4.79 Å². The first-order valence-electron chi connectivity index (χ1n) is 6.05. The molecule has 19 heavy (non-hydrogen) atoms. The van der Waals surface area contributed by atoms with E-state index < -0.39 is 12.6 Å². The van der Waals surface area contributed by atoms with E-state index >= 15 is 0 Å². The smallest absolute Gasteiger partial charge is 0.356 e. The summed E-state index contributed by atoms with van der Waals surface area (Å²) in [6.45, 7) is 3.76. The normalized spacial score (nSPS) is 12.5. The van der Waals surface area contributed by atoms with Gasteiger partial charge >= 0.3 is 6.18 Å². The molecule has 0 unspecified atom stereocenters. The first kappa shape index (κ1) is 17.5. The second-order valence-electron chi connectivity index (χ2n) is 4.26. The minimum atomic E-state index is -4.19. The molecule has 0 aliphatic carbocycles. The lowest BCUT2D eigenvalue weighted by Crippen LogP contribution is -2.41. The zero-order valence-electron chi connectivity index (χ0n) is 11.4. The Morgan fingerprint density at radius 3 is 2.26 bits per heavy atom. The van der Waals surface area contributed by atoms with Crippen LogP contribution in [0.4, 0.5) is 13.2 Å². The molecule has 5 nitrogen and oxygen atoms in total. The minimum Gasteiger partial charge on any atom is -0.356 e. The van der Waals surface area contributed by atoms with Crippen molar-refractivity contribution in [3.63, 3.8) is 0 Å². The molecular formula is C11H21F3N4O. The number of carbonyl (C=O) groups is 1. The van der Waals surface area contributed by atoms with Crippen molar-refractivity contribution in [2.24, 2.45) is 4.99 Å². The monoisotopic (exact) mass is 282 g/mol. The van der Waals surface area contributed by atoms with Crippen LogP contribution in [0.1, 0.15) is 26.7 Å². The summed E-state index contributed by atoms with van der Waals surface area (Å²) in [5.41, 5.74) is 0. The molecule has 0 aromatic carbocycles. The maximum Gasteiger partial charge on any atom is 0.390 e. The number of nitrogens with one attached hydrogen (secondary N) is 3. The van der Waals surface area contributed by atoms with Crippen LogP contribution in [0, 0.1) is 0 Å². The van der Waals surface area contributed by atoms with Gasteiger partial charge in [0.05, 0.1) is 6.42 Å². The molecular weight excluding hydrogens is 261 g/mol. The summed E-state index contributed by atoms with van der Waals surface area (Å²) >= 11 is 0. The van der Waals surface area contributed by atoms with Gasteiger partial charge in [-0.25, -0.2) is 0 Å². The Labute approximate surface area is 111 Å². The van der Waals surface area contributed by atoms with Crippen molar-refractivity contribution in [1.29, 1.82) is 0 Å². The van der Waals surface area contributed by atoms with Gasteiger partial charge < -0.3 is 16.0 Å². The van der Waals surface area contributed by atoms with E-state index in [2.05, 4.69) is 20.9 Å². The van der Waals surface area contributed by atoms with Crippen molar-refractivity contribution < 1.29 is 18.0 Å². The lowest BCUT2D eigenvalue weighted by atomic mass is 10.3. The molecule has 0 radical (unpaired) electrons. The highest BCUT2D eigenvalue weighted by atomic mass is 19.4. The molecule has 0 aromatic heterocycles. The molecule has 0 bridgehead atoms. The van der Waals surface area contributed by atoms with Crippen molar-refractivity contribution in [1.82, 2.24) is 16.0 Å². The fourth-order valence-electron chi connectivity index (χ4n) is 1.23. The standard InChI is InChI=1S/C11H21F3N4O/c1-8(2)18-9(19)4-6-16-10(15-3)17-7-5-11(12,13)14/h8H,4-7H2,1-3H3,(H,18,19)(H2,15,16,17). The van der Waals surface area contributed by atoms with Gasteiger partial charge in [-0.3, -0.25) is 9.79 Å². The highest BCUT2D eigenvalue weighted by Crippen LogP contribution is 2.17. The van der Waals surface area contributed by atoms with Gasteiger partial charge in [-0.1, -0.05) is 0 Å². The van der Waals surface area contributed by atoms with E-state index in [9.17, 15) is 18.0 Å². The van der Waals surface area contributed by atoms with Crippen LogP contribution in [0.15, 0.2) is 4.99 Å². The topological polar surface area (TPSA) is 65.5 Å². The van der Waals surface area contributed by atoms with E-state index in [0.29, 0.717) is 6.54 Å². The summed E-state index contributed by atoms with van der Waals surface area (Å²) in [4.78, 5) is 15.1. The summed E-state index contributed by atoms with van der Waals surface area (Å²) in [5.74, 6) is 0.134. The Morgan fingerprint density at radius 2 is 1.79 bits per heavy atom. The quantitative estimate of drug-likeness (QED) is 0.503. The third-order valence-corrected chi connectivity index (χ3v) is 2.02. The molecule has 0 spiro atoms. The van der Waals surface area contributed by atoms with Crippen molar-refractivity contribution in [2.75, 3.05) is 20.1 Å². The number of carbonyl (C=O) groups excluding carboxylic acids is 1. The number of nitrogens with zero attached hydrogens (tertiary/aromatic N) is 1. The number of alkyl halides is 3. The molecule has 0 saturated carbocycles. The average Bonchev–Trinajstić information content (AvgIpc) is 2.24. The van der Waals surface area contributed by atoms with Gasteiger partial charge in [0.2, 0.25) is 5.91 Å². The largest absolute Gasteiger partial charge is 0.390 e. The Hall–Kier alpha value is -1.47. The molecule has 0 fully saturated rings. The minimum absolute atomic E-state index is 0.0664. The number of guanidine groups is 1. The molecule has 1 amide bonds. The predicted octanol–water partition coefficient (Wildman–Crippen LogP) is 1.02. The van der Waals surface area contributed by atoms with Gasteiger partial charge in [-0.15, -0.1) is 0 Å². The molecule has 0 aliphatic rings. The highest BCUT2D eigenvalue weighted by Gasteiger charge is 2.26. The summed E-state index contributed by atoms with van der Waals surface area (Å²) in [7, 11) is 1.46. The molecule has 0 aliphatic heterocycles. The summed E-state index contributed by atoms with van der Waals surface area (Å²) in [6, 6.07) is 0.0664. The van der Waals surface area contributed by atoms with Crippen LogP contribution < -0.4 is 16.0 Å². The Morgan fingerprint density at radius 1 is 1.21 bits per heavy atom. The molecule has 112 valence electrons. The number of halogens is 3. The number of rotatable bonds is 6. The van der Waals surface area contributed by atoms with Crippen LogP contribution in [0.3, 0.4) is 0 Å². The third kappa shape index (κ3) is 11.4. The SMILES string of the molecule is CN=C(NCCC(=O)NC(C)C)NCCC(F)(F)F. The van der Waals surface area contributed by atoms with Crippen LogP contribution in [0.25, 0.3) is 0 Å². The van der Waals surface area contributed by atoms with E-state index in [1.807, 2.05) is 13.8 Å². The average molecular weight is 282 g/mol. The van der Waals surface area contributed by atoms with E-state index in [1.54, 1.807) is 0 Å². The van der Waals surface area contributed by atoms with Crippen molar-refractivity contribution in [3.8, 4) is 0 Å². The van der Waals surface area contributed by atoms with Gasteiger partial charge in [-0.2, -0.15) is 13.2 Å². The van der Waals surface area contributed by atoms with Crippen LogP contribution >= 0.6 is 0 Å².